The van der Waals surface area contributed by atoms with Crippen LogP contribution in [0.2, 0.25) is 0 Å². The van der Waals surface area contributed by atoms with Crippen LogP contribution >= 0.6 is 0 Å². The Morgan fingerprint density at radius 1 is 1.30 bits per heavy atom. The average molecular weight is 363 g/mol. The standard InChI is InChI=1S/C20H21N5O2/c1-13-10-18-16(7-5-9-25(18)12-15-11-14(2)24-27-15)22-19(13)23-20(26)17-6-3-4-8-21-17/h3-4,6,8,10-11H,5,7,9,12H2,1-2H3,(H,22,23,26). The molecule has 0 radical (unpaired) electrons. The van der Waals surface area contributed by atoms with Gasteiger partial charge in [0.25, 0.3) is 5.91 Å². The second-order valence-corrected chi connectivity index (χ2v) is 6.75. The van der Waals surface area contributed by atoms with Gasteiger partial charge in [-0.1, -0.05) is 11.2 Å². The maximum absolute atomic E-state index is 12.4. The maximum atomic E-state index is 12.4. The molecule has 7 nitrogen and oxygen atoms in total. The van der Waals surface area contributed by atoms with E-state index in [2.05, 4.69) is 26.4 Å². The molecule has 3 aromatic rings. The van der Waals surface area contributed by atoms with Gasteiger partial charge in [0.15, 0.2) is 5.76 Å². The third kappa shape index (κ3) is 3.67. The number of pyridine rings is 2. The van der Waals surface area contributed by atoms with Crippen molar-refractivity contribution in [3.8, 4) is 0 Å². The van der Waals surface area contributed by atoms with Crippen LogP contribution in [0, 0.1) is 13.8 Å². The summed E-state index contributed by atoms with van der Waals surface area (Å²) in [6, 6.07) is 9.29. The van der Waals surface area contributed by atoms with E-state index in [1.54, 1.807) is 24.4 Å². The quantitative estimate of drug-likeness (QED) is 0.766. The fourth-order valence-corrected chi connectivity index (χ4v) is 3.29. The molecule has 0 fully saturated rings. The van der Waals surface area contributed by atoms with Gasteiger partial charge in [0, 0.05) is 18.8 Å². The summed E-state index contributed by atoms with van der Waals surface area (Å²) in [7, 11) is 0. The van der Waals surface area contributed by atoms with Crippen LogP contribution in [-0.2, 0) is 13.0 Å². The molecule has 7 heteroatoms. The van der Waals surface area contributed by atoms with Crippen LogP contribution in [0.15, 0.2) is 41.1 Å². The van der Waals surface area contributed by atoms with E-state index in [1.807, 2.05) is 19.9 Å². The molecule has 1 aliphatic heterocycles. The fourth-order valence-electron chi connectivity index (χ4n) is 3.29. The molecule has 138 valence electrons. The molecule has 1 amide bonds. The number of anilines is 2. The minimum atomic E-state index is -0.254. The summed E-state index contributed by atoms with van der Waals surface area (Å²) >= 11 is 0. The van der Waals surface area contributed by atoms with Crippen molar-refractivity contribution in [1.82, 2.24) is 15.1 Å². The van der Waals surface area contributed by atoms with Gasteiger partial charge in [-0.15, -0.1) is 0 Å². The normalized spacial score (nSPS) is 13.3. The van der Waals surface area contributed by atoms with Crippen molar-refractivity contribution in [2.75, 3.05) is 16.8 Å². The molecule has 1 aliphatic rings. The first-order valence-corrected chi connectivity index (χ1v) is 9.00. The Balaban J connectivity index is 1.57. The Morgan fingerprint density at radius 2 is 2.19 bits per heavy atom. The Hall–Kier alpha value is -3.22. The van der Waals surface area contributed by atoms with Crippen LogP contribution < -0.4 is 10.2 Å². The summed E-state index contributed by atoms with van der Waals surface area (Å²) in [5.41, 5.74) is 4.24. The minimum absolute atomic E-state index is 0.254. The highest BCUT2D eigenvalue weighted by Gasteiger charge is 2.22. The maximum Gasteiger partial charge on any atom is 0.275 e. The molecular weight excluding hydrogens is 342 g/mol. The van der Waals surface area contributed by atoms with Crippen molar-refractivity contribution in [3.05, 3.63) is 64.9 Å². The molecule has 0 aliphatic carbocycles. The number of nitrogens with zero attached hydrogens (tertiary/aromatic N) is 4. The molecule has 27 heavy (non-hydrogen) atoms. The highest BCUT2D eigenvalue weighted by Crippen LogP contribution is 2.31. The Morgan fingerprint density at radius 3 is 2.93 bits per heavy atom. The second kappa shape index (κ2) is 7.19. The van der Waals surface area contributed by atoms with E-state index in [9.17, 15) is 4.79 Å². The zero-order valence-electron chi connectivity index (χ0n) is 15.4. The minimum Gasteiger partial charge on any atom is -0.362 e. The monoisotopic (exact) mass is 363 g/mol. The first-order chi connectivity index (χ1) is 13.1. The summed E-state index contributed by atoms with van der Waals surface area (Å²) in [6.45, 7) is 5.47. The van der Waals surface area contributed by atoms with Crippen LogP contribution in [0.4, 0.5) is 11.5 Å². The van der Waals surface area contributed by atoms with Gasteiger partial charge in [-0.05, 0) is 50.5 Å². The lowest BCUT2D eigenvalue weighted by Gasteiger charge is -2.30. The van der Waals surface area contributed by atoms with E-state index in [1.165, 1.54) is 0 Å². The lowest BCUT2D eigenvalue weighted by molar-refractivity contribution is 0.102. The largest absolute Gasteiger partial charge is 0.362 e. The molecule has 0 unspecified atom stereocenters. The van der Waals surface area contributed by atoms with Gasteiger partial charge in [-0.25, -0.2) is 4.98 Å². The summed E-state index contributed by atoms with van der Waals surface area (Å²) in [4.78, 5) is 23.5. The molecule has 0 bridgehead atoms. The number of rotatable bonds is 4. The van der Waals surface area contributed by atoms with Gasteiger partial charge >= 0.3 is 0 Å². The van der Waals surface area contributed by atoms with E-state index in [0.29, 0.717) is 18.1 Å². The first kappa shape index (κ1) is 17.2. The number of carbonyl (C=O) groups is 1. The van der Waals surface area contributed by atoms with E-state index >= 15 is 0 Å². The number of hydrogen-bond acceptors (Lipinski definition) is 6. The molecule has 0 saturated heterocycles. The predicted molar refractivity (Wildman–Crippen MR) is 102 cm³/mol. The van der Waals surface area contributed by atoms with Crippen LogP contribution in [0.5, 0.6) is 0 Å². The number of amides is 1. The van der Waals surface area contributed by atoms with E-state index in [0.717, 1.165) is 47.8 Å². The third-order valence-electron chi connectivity index (χ3n) is 4.60. The van der Waals surface area contributed by atoms with Crippen molar-refractivity contribution in [3.63, 3.8) is 0 Å². The van der Waals surface area contributed by atoms with Crippen molar-refractivity contribution < 1.29 is 9.32 Å². The van der Waals surface area contributed by atoms with Crippen LogP contribution in [0.25, 0.3) is 0 Å². The van der Waals surface area contributed by atoms with Gasteiger partial charge < -0.3 is 14.7 Å². The molecule has 4 heterocycles. The van der Waals surface area contributed by atoms with Crippen molar-refractivity contribution >= 4 is 17.4 Å². The summed E-state index contributed by atoms with van der Waals surface area (Å²) in [5.74, 6) is 1.17. The van der Waals surface area contributed by atoms with Gasteiger partial charge in [-0.3, -0.25) is 9.78 Å². The zero-order valence-corrected chi connectivity index (χ0v) is 15.4. The molecule has 0 spiro atoms. The smallest absolute Gasteiger partial charge is 0.275 e. The molecule has 1 N–H and O–H groups in total. The molecule has 3 aromatic heterocycles. The van der Waals surface area contributed by atoms with Crippen LogP contribution in [-0.4, -0.2) is 27.6 Å². The highest BCUT2D eigenvalue weighted by molar-refractivity contribution is 6.02. The Bertz CT molecular complexity index is 968. The van der Waals surface area contributed by atoms with E-state index in [-0.39, 0.29) is 5.91 Å². The fraction of sp³-hybridized carbons (Fsp3) is 0.300. The van der Waals surface area contributed by atoms with Crippen LogP contribution in [0.1, 0.15) is 39.6 Å². The Kier molecular flexibility index (Phi) is 4.58. The average Bonchev–Trinajstić information content (AvgIpc) is 3.08. The molecule has 0 saturated carbocycles. The summed E-state index contributed by atoms with van der Waals surface area (Å²) in [6.07, 6.45) is 3.49. The van der Waals surface area contributed by atoms with Gasteiger partial charge in [-0.2, -0.15) is 0 Å². The van der Waals surface area contributed by atoms with Crippen LogP contribution in [0.3, 0.4) is 0 Å². The molecular formula is C20H21N5O2. The number of hydrogen-bond donors (Lipinski definition) is 1. The second-order valence-electron chi connectivity index (χ2n) is 6.75. The molecule has 0 aromatic carbocycles. The van der Waals surface area contributed by atoms with E-state index in [4.69, 9.17) is 9.51 Å². The van der Waals surface area contributed by atoms with Gasteiger partial charge in [0.05, 0.1) is 23.6 Å². The number of nitrogens with one attached hydrogen (secondary N) is 1. The third-order valence-corrected chi connectivity index (χ3v) is 4.60. The van der Waals surface area contributed by atoms with Crippen molar-refractivity contribution in [1.29, 1.82) is 0 Å². The van der Waals surface area contributed by atoms with Gasteiger partial charge in [0.1, 0.15) is 11.5 Å². The number of fused-ring (bicyclic) bond motifs is 1. The number of aromatic nitrogens is 3. The summed E-state index contributed by atoms with van der Waals surface area (Å²) < 4.78 is 5.36. The summed E-state index contributed by atoms with van der Waals surface area (Å²) in [5, 5.41) is 6.85. The lowest BCUT2D eigenvalue weighted by atomic mass is 10.1. The number of aryl methyl sites for hydroxylation is 3. The lowest BCUT2D eigenvalue weighted by Crippen LogP contribution is -2.30. The SMILES string of the molecule is Cc1cc(CN2CCCc3nc(NC(=O)c4ccccn4)c(C)cc32)on1. The molecule has 4 rings (SSSR count). The highest BCUT2D eigenvalue weighted by atomic mass is 16.5. The van der Waals surface area contributed by atoms with Crippen molar-refractivity contribution in [2.24, 2.45) is 0 Å². The topological polar surface area (TPSA) is 84.2 Å². The Labute approximate surface area is 157 Å². The van der Waals surface area contributed by atoms with Gasteiger partial charge in [0.2, 0.25) is 0 Å². The van der Waals surface area contributed by atoms with E-state index < -0.39 is 0 Å². The van der Waals surface area contributed by atoms with Crippen molar-refractivity contribution in [2.45, 2.75) is 33.2 Å². The zero-order chi connectivity index (χ0) is 18.8. The predicted octanol–water partition coefficient (Wildman–Crippen LogP) is 3.29. The molecule has 0 atom stereocenters. The first-order valence-electron chi connectivity index (χ1n) is 9.00. The number of carbonyl (C=O) groups excluding carboxylic acids is 1.